The highest BCUT2D eigenvalue weighted by atomic mass is 19.4. The van der Waals surface area contributed by atoms with Crippen molar-refractivity contribution in [3.63, 3.8) is 0 Å². The topological polar surface area (TPSA) is 61.9 Å². The molecule has 0 radical (unpaired) electrons. The fraction of sp³-hybridized carbons (Fsp3) is 0.481. The fourth-order valence-corrected chi connectivity index (χ4v) is 5.36. The summed E-state index contributed by atoms with van der Waals surface area (Å²) in [5.41, 5.74) is -2.96. The number of para-hydroxylation sites is 1. The Bertz CT molecular complexity index is 1200. The quantitative estimate of drug-likeness (QED) is 0.509. The van der Waals surface area contributed by atoms with Gasteiger partial charge in [0.25, 0.3) is 0 Å². The van der Waals surface area contributed by atoms with Crippen molar-refractivity contribution in [1.82, 2.24) is 4.90 Å². The molecule has 212 valence electrons. The lowest BCUT2D eigenvalue weighted by molar-refractivity contribution is -0.143. The van der Waals surface area contributed by atoms with E-state index in [9.17, 15) is 35.9 Å². The molecule has 0 spiro atoms. The Morgan fingerprint density at radius 2 is 1.54 bits per heavy atom. The number of hydrogen-bond donors (Lipinski definition) is 1. The Hall–Kier alpha value is -3.12. The van der Waals surface area contributed by atoms with Crippen LogP contribution in [0.1, 0.15) is 29.2 Å². The van der Waals surface area contributed by atoms with Crippen molar-refractivity contribution in [2.75, 3.05) is 49.6 Å². The summed E-state index contributed by atoms with van der Waals surface area (Å²) in [6, 6.07) is 6.43. The molecule has 2 heterocycles. The van der Waals surface area contributed by atoms with Crippen molar-refractivity contribution in [3.8, 4) is 0 Å². The van der Waals surface area contributed by atoms with E-state index in [1.54, 1.807) is 6.92 Å². The number of benzene rings is 2. The van der Waals surface area contributed by atoms with Gasteiger partial charge in [0.15, 0.2) is 0 Å². The Morgan fingerprint density at radius 1 is 1.00 bits per heavy atom. The first-order valence-electron chi connectivity index (χ1n) is 12.4. The number of hydrogen-bond acceptors (Lipinski definition) is 4. The molecule has 39 heavy (non-hydrogen) atoms. The van der Waals surface area contributed by atoms with Gasteiger partial charge in [-0.2, -0.15) is 26.3 Å². The van der Waals surface area contributed by atoms with Gasteiger partial charge in [-0.3, -0.25) is 14.5 Å². The van der Waals surface area contributed by atoms with E-state index in [0.717, 1.165) is 11.1 Å². The van der Waals surface area contributed by atoms with Gasteiger partial charge in [0.2, 0.25) is 11.8 Å². The Kier molecular flexibility index (Phi) is 7.74. The van der Waals surface area contributed by atoms with Crippen molar-refractivity contribution in [2.45, 2.75) is 33.1 Å². The summed E-state index contributed by atoms with van der Waals surface area (Å²) in [7, 11) is 0. The van der Waals surface area contributed by atoms with Crippen molar-refractivity contribution < 1.29 is 40.7 Å². The average Bonchev–Trinajstić information content (AvgIpc) is 3.09. The second-order valence-corrected chi connectivity index (χ2v) is 10.2. The normalized spacial score (nSPS) is 22.8. The molecule has 0 unspecified atom stereocenters. The predicted octanol–water partition coefficient (Wildman–Crippen LogP) is 5.28. The van der Waals surface area contributed by atoms with E-state index in [1.165, 1.54) is 4.90 Å². The van der Waals surface area contributed by atoms with Gasteiger partial charge in [0.05, 0.1) is 35.7 Å². The molecule has 2 amide bonds. The highest BCUT2D eigenvalue weighted by molar-refractivity contribution is 6.08. The molecule has 12 heteroatoms. The highest BCUT2D eigenvalue weighted by Gasteiger charge is 2.56. The van der Waals surface area contributed by atoms with E-state index >= 15 is 0 Å². The minimum Gasteiger partial charge on any atom is -0.379 e. The van der Waals surface area contributed by atoms with E-state index in [2.05, 4.69) is 5.32 Å². The molecular formula is C27H29F6N3O3. The summed E-state index contributed by atoms with van der Waals surface area (Å²) < 4.78 is 86.0. The highest BCUT2D eigenvalue weighted by Crippen LogP contribution is 2.44. The van der Waals surface area contributed by atoms with Crippen LogP contribution in [0.25, 0.3) is 0 Å². The zero-order valence-electron chi connectivity index (χ0n) is 21.7. The first-order chi connectivity index (χ1) is 18.1. The molecule has 2 fully saturated rings. The van der Waals surface area contributed by atoms with Crippen molar-refractivity contribution in [2.24, 2.45) is 11.3 Å². The summed E-state index contributed by atoms with van der Waals surface area (Å²) >= 11 is 0. The van der Waals surface area contributed by atoms with Gasteiger partial charge in [-0.25, -0.2) is 0 Å². The number of rotatable bonds is 5. The number of anilines is 2. The Balaban J connectivity index is 1.76. The molecule has 2 aliphatic heterocycles. The zero-order valence-corrected chi connectivity index (χ0v) is 21.7. The molecule has 2 aliphatic rings. The molecule has 1 N–H and O–H groups in total. The standard InChI is InChI=1S/C27H29F6N3O3/c1-16-5-4-6-17(2)22(16)36-15-25(18(3)23(36)37,14-35-7-9-39-10-8-35)24(38)34-21-12-19(26(28,29)30)11-20(13-21)27(31,32)33/h4-6,11-13,18H,7-10,14-15H2,1-3H3,(H,34,38)/t18-,25-/m1/s1. The van der Waals surface area contributed by atoms with Crippen LogP contribution in [0.3, 0.4) is 0 Å². The molecule has 2 saturated heterocycles. The van der Waals surface area contributed by atoms with Crippen LogP contribution in [0.4, 0.5) is 37.7 Å². The maximum Gasteiger partial charge on any atom is 0.416 e. The number of amides is 2. The summed E-state index contributed by atoms with van der Waals surface area (Å²) in [4.78, 5) is 31.0. The first-order valence-corrected chi connectivity index (χ1v) is 12.4. The lowest BCUT2D eigenvalue weighted by Crippen LogP contribution is -2.53. The van der Waals surface area contributed by atoms with E-state index < -0.39 is 46.4 Å². The third-order valence-corrected chi connectivity index (χ3v) is 7.52. The smallest absolute Gasteiger partial charge is 0.379 e. The second kappa shape index (κ2) is 10.5. The SMILES string of the molecule is Cc1cccc(C)c1N1C[C@@](CN2CCOCC2)(C(=O)Nc2cc(C(F)(F)F)cc(C(F)(F)F)c2)[C@H](C)C1=O. The molecule has 2 atom stereocenters. The van der Waals surface area contributed by atoms with Crippen LogP contribution in [-0.4, -0.2) is 56.1 Å². The second-order valence-electron chi connectivity index (χ2n) is 10.2. The molecule has 0 aliphatic carbocycles. The molecule has 0 saturated carbocycles. The molecule has 2 aromatic rings. The lowest BCUT2D eigenvalue weighted by atomic mass is 9.77. The van der Waals surface area contributed by atoms with E-state index in [1.807, 2.05) is 36.9 Å². The molecule has 4 rings (SSSR count). The number of nitrogens with zero attached hydrogens (tertiary/aromatic N) is 2. The molecule has 6 nitrogen and oxygen atoms in total. The van der Waals surface area contributed by atoms with Gasteiger partial charge in [0, 0.05) is 37.6 Å². The van der Waals surface area contributed by atoms with Crippen LogP contribution in [-0.2, 0) is 26.7 Å². The number of ether oxygens (including phenoxy) is 1. The number of carbonyl (C=O) groups is 2. The molecule has 2 aromatic carbocycles. The van der Waals surface area contributed by atoms with Gasteiger partial charge in [-0.1, -0.05) is 25.1 Å². The number of halogens is 6. The van der Waals surface area contributed by atoms with E-state index in [0.29, 0.717) is 44.1 Å². The van der Waals surface area contributed by atoms with Gasteiger partial charge in [0.1, 0.15) is 0 Å². The van der Waals surface area contributed by atoms with Crippen LogP contribution < -0.4 is 10.2 Å². The van der Waals surface area contributed by atoms with E-state index in [4.69, 9.17) is 4.74 Å². The minimum atomic E-state index is -5.07. The molecule has 0 aromatic heterocycles. The zero-order chi connectivity index (χ0) is 28.8. The first kappa shape index (κ1) is 28.9. The summed E-state index contributed by atoms with van der Waals surface area (Å²) in [5, 5.41) is 2.32. The number of alkyl halides is 6. The van der Waals surface area contributed by atoms with Crippen LogP contribution >= 0.6 is 0 Å². The fourth-order valence-electron chi connectivity index (χ4n) is 5.36. The van der Waals surface area contributed by atoms with Gasteiger partial charge in [-0.15, -0.1) is 0 Å². The third-order valence-electron chi connectivity index (χ3n) is 7.52. The van der Waals surface area contributed by atoms with Crippen LogP contribution in [0.15, 0.2) is 36.4 Å². The van der Waals surface area contributed by atoms with Crippen molar-refractivity contribution in [3.05, 3.63) is 58.7 Å². The van der Waals surface area contributed by atoms with Gasteiger partial charge in [-0.05, 0) is 43.2 Å². The van der Waals surface area contributed by atoms with Crippen molar-refractivity contribution >= 4 is 23.2 Å². The van der Waals surface area contributed by atoms with Crippen molar-refractivity contribution in [1.29, 1.82) is 0 Å². The number of nitrogens with one attached hydrogen (secondary N) is 1. The predicted molar refractivity (Wildman–Crippen MR) is 132 cm³/mol. The summed E-state index contributed by atoms with van der Waals surface area (Å²) in [5.74, 6) is -2.08. The molecule has 0 bridgehead atoms. The number of carbonyl (C=O) groups excluding carboxylic acids is 2. The minimum absolute atomic E-state index is 0.00354. The largest absolute Gasteiger partial charge is 0.416 e. The van der Waals surface area contributed by atoms with Crippen LogP contribution in [0.2, 0.25) is 0 Å². The monoisotopic (exact) mass is 557 g/mol. The average molecular weight is 558 g/mol. The number of aryl methyl sites for hydroxylation is 2. The maximum absolute atomic E-state index is 13.9. The van der Waals surface area contributed by atoms with E-state index in [-0.39, 0.29) is 25.1 Å². The number of morpholine rings is 1. The third kappa shape index (κ3) is 5.76. The van der Waals surface area contributed by atoms with Gasteiger partial charge >= 0.3 is 12.4 Å². The molecular weight excluding hydrogens is 528 g/mol. The van der Waals surface area contributed by atoms with Gasteiger partial charge < -0.3 is 15.0 Å². The lowest BCUT2D eigenvalue weighted by Gasteiger charge is -2.37. The van der Waals surface area contributed by atoms with Crippen LogP contribution in [0, 0.1) is 25.2 Å². The maximum atomic E-state index is 13.9. The summed E-state index contributed by atoms with van der Waals surface area (Å²) in [6.45, 7) is 6.90. The summed E-state index contributed by atoms with van der Waals surface area (Å²) in [6.07, 6.45) is -10.1. The Labute approximate surface area is 221 Å². The van der Waals surface area contributed by atoms with Crippen LogP contribution in [0.5, 0.6) is 0 Å². The Morgan fingerprint density at radius 3 is 2.05 bits per heavy atom.